The molecule has 1 N–H and O–H groups in total. The second kappa shape index (κ2) is 7.84. The molecule has 1 amide bonds. The van der Waals surface area contributed by atoms with Gasteiger partial charge in [-0.15, -0.1) is 11.3 Å². The summed E-state index contributed by atoms with van der Waals surface area (Å²) in [6, 6.07) is 5.65. The summed E-state index contributed by atoms with van der Waals surface area (Å²) >= 11 is 1.40. The summed E-state index contributed by atoms with van der Waals surface area (Å²) in [4.78, 5) is 17.8. The lowest BCUT2D eigenvalue weighted by Gasteiger charge is -2.26. The van der Waals surface area contributed by atoms with Crippen LogP contribution >= 0.6 is 11.3 Å². The molecule has 6 nitrogen and oxygen atoms in total. The maximum Gasteiger partial charge on any atom is 0.277 e. The second-order valence-electron chi connectivity index (χ2n) is 5.99. The number of benzene rings is 1. The van der Waals surface area contributed by atoms with Crippen LogP contribution < -0.4 is 14.9 Å². The molecule has 1 saturated heterocycles. The number of hydrogen-bond donors (Lipinski definition) is 1. The highest BCUT2D eigenvalue weighted by Crippen LogP contribution is 2.35. The monoisotopic (exact) mass is 361 g/mol. The Morgan fingerprint density at radius 1 is 1.16 bits per heavy atom. The van der Waals surface area contributed by atoms with Crippen LogP contribution in [0.1, 0.15) is 34.6 Å². The molecule has 0 atom stereocenters. The van der Waals surface area contributed by atoms with Crippen LogP contribution in [0.3, 0.4) is 0 Å². The molecule has 7 heteroatoms. The number of nitrogens with zero attached hydrogens (tertiary/aromatic N) is 2. The number of carbonyl (C=O) groups is 1. The zero-order chi connectivity index (χ0) is 17.8. The number of aromatic nitrogens is 1. The predicted octanol–water partition coefficient (Wildman–Crippen LogP) is 3.27. The Morgan fingerprint density at radius 2 is 1.88 bits per heavy atom. The van der Waals surface area contributed by atoms with Crippen molar-refractivity contribution >= 4 is 17.2 Å². The lowest BCUT2D eigenvalue weighted by atomic mass is 10.2. The summed E-state index contributed by atoms with van der Waals surface area (Å²) in [5.41, 5.74) is 4.65. The van der Waals surface area contributed by atoms with E-state index in [0.29, 0.717) is 16.4 Å². The SMILES string of the molecule is COc1ccc(-c2nc(C)c(C(=O)NN3CCCCC3)s2)cc1OC. The smallest absolute Gasteiger partial charge is 0.277 e. The quantitative estimate of drug-likeness (QED) is 0.885. The van der Waals surface area contributed by atoms with Crippen molar-refractivity contribution < 1.29 is 14.3 Å². The van der Waals surface area contributed by atoms with Gasteiger partial charge in [0.05, 0.1) is 19.9 Å². The lowest BCUT2D eigenvalue weighted by molar-refractivity contribution is 0.0753. The van der Waals surface area contributed by atoms with Gasteiger partial charge in [0.1, 0.15) is 9.88 Å². The summed E-state index contributed by atoms with van der Waals surface area (Å²) in [6.45, 7) is 3.68. The largest absolute Gasteiger partial charge is 0.493 e. The van der Waals surface area contributed by atoms with Gasteiger partial charge >= 0.3 is 0 Å². The Morgan fingerprint density at radius 3 is 2.56 bits per heavy atom. The first-order chi connectivity index (χ1) is 12.1. The molecule has 25 heavy (non-hydrogen) atoms. The molecule has 0 radical (unpaired) electrons. The molecule has 0 spiro atoms. The van der Waals surface area contributed by atoms with Crippen molar-refractivity contribution in [2.24, 2.45) is 0 Å². The second-order valence-corrected chi connectivity index (χ2v) is 6.99. The van der Waals surface area contributed by atoms with E-state index in [-0.39, 0.29) is 5.91 Å². The number of amides is 1. The number of ether oxygens (including phenoxy) is 2. The molecule has 1 aromatic carbocycles. The van der Waals surface area contributed by atoms with Gasteiger partial charge in [-0.25, -0.2) is 9.99 Å². The molecule has 1 aliphatic heterocycles. The van der Waals surface area contributed by atoms with Gasteiger partial charge in [0.2, 0.25) is 0 Å². The zero-order valence-electron chi connectivity index (χ0n) is 14.8. The number of methoxy groups -OCH3 is 2. The highest BCUT2D eigenvalue weighted by Gasteiger charge is 2.20. The number of thiazole rings is 1. The van der Waals surface area contributed by atoms with Crippen LogP contribution in [0, 0.1) is 6.92 Å². The van der Waals surface area contributed by atoms with Crippen LogP contribution in [0.15, 0.2) is 18.2 Å². The first-order valence-electron chi connectivity index (χ1n) is 8.38. The Kier molecular flexibility index (Phi) is 5.55. The molecule has 0 bridgehead atoms. The molecule has 2 heterocycles. The van der Waals surface area contributed by atoms with Crippen molar-refractivity contribution in [3.8, 4) is 22.1 Å². The summed E-state index contributed by atoms with van der Waals surface area (Å²) in [6.07, 6.45) is 3.48. The number of nitrogens with one attached hydrogen (secondary N) is 1. The van der Waals surface area contributed by atoms with Gasteiger partial charge in [0.15, 0.2) is 11.5 Å². The number of hydrogen-bond acceptors (Lipinski definition) is 6. The van der Waals surface area contributed by atoms with Crippen molar-refractivity contribution in [2.75, 3.05) is 27.3 Å². The van der Waals surface area contributed by atoms with E-state index in [2.05, 4.69) is 10.4 Å². The van der Waals surface area contributed by atoms with Crippen LogP contribution in [0.2, 0.25) is 0 Å². The van der Waals surface area contributed by atoms with E-state index in [4.69, 9.17) is 9.47 Å². The number of rotatable bonds is 5. The molecule has 3 rings (SSSR count). The average Bonchev–Trinajstić information content (AvgIpc) is 3.03. The van der Waals surface area contributed by atoms with E-state index in [9.17, 15) is 4.79 Å². The first kappa shape index (κ1) is 17.7. The van der Waals surface area contributed by atoms with E-state index >= 15 is 0 Å². The number of carbonyl (C=O) groups excluding carboxylic acids is 1. The van der Waals surface area contributed by atoms with Crippen molar-refractivity contribution in [1.29, 1.82) is 0 Å². The fraction of sp³-hybridized carbons (Fsp3) is 0.444. The topological polar surface area (TPSA) is 63.7 Å². The Bertz CT molecular complexity index is 754. The van der Waals surface area contributed by atoms with E-state index in [1.165, 1.54) is 17.8 Å². The Labute approximate surface area is 151 Å². The Hall–Kier alpha value is -2.12. The van der Waals surface area contributed by atoms with Gasteiger partial charge in [0, 0.05) is 18.7 Å². The van der Waals surface area contributed by atoms with Crippen LogP contribution in [-0.4, -0.2) is 43.2 Å². The van der Waals surface area contributed by atoms with Gasteiger partial charge in [-0.2, -0.15) is 0 Å². The third kappa shape index (κ3) is 3.93. The average molecular weight is 361 g/mol. The minimum atomic E-state index is -0.0800. The Balaban J connectivity index is 1.81. The van der Waals surface area contributed by atoms with Crippen molar-refractivity contribution in [3.63, 3.8) is 0 Å². The normalized spacial score (nSPS) is 15.0. The summed E-state index contributed by atoms with van der Waals surface area (Å²) in [5, 5.41) is 2.79. The molecule has 0 unspecified atom stereocenters. The van der Waals surface area contributed by atoms with Gasteiger partial charge in [-0.3, -0.25) is 10.2 Å². The highest BCUT2D eigenvalue weighted by molar-refractivity contribution is 7.17. The van der Waals surface area contributed by atoms with Gasteiger partial charge in [-0.05, 0) is 38.0 Å². The molecule has 0 saturated carbocycles. The lowest BCUT2D eigenvalue weighted by Crippen LogP contribution is -2.44. The van der Waals surface area contributed by atoms with E-state index in [1.807, 2.05) is 30.1 Å². The number of aryl methyl sites for hydroxylation is 1. The molecule has 0 aliphatic carbocycles. The van der Waals surface area contributed by atoms with Gasteiger partial charge in [0.25, 0.3) is 5.91 Å². The minimum Gasteiger partial charge on any atom is -0.493 e. The number of piperidine rings is 1. The summed E-state index contributed by atoms with van der Waals surface area (Å²) in [5.74, 6) is 1.23. The van der Waals surface area contributed by atoms with Crippen LogP contribution in [0.25, 0.3) is 10.6 Å². The maximum atomic E-state index is 12.6. The third-order valence-electron chi connectivity index (χ3n) is 4.25. The van der Waals surface area contributed by atoms with Crippen LogP contribution in [0.5, 0.6) is 11.5 Å². The molecular formula is C18H23N3O3S. The van der Waals surface area contributed by atoms with E-state index in [0.717, 1.165) is 42.2 Å². The van der Waals surface area contributed by atoms with E-state index < -0.39 is 0 Å². The van der Waals surface area contributed by atoms with Crippen molar-refractivity contribution in [1.82, 2.24) is 15.4 Å². The van der Waals surface area contributed by atoms with Crippen LogP contribution in [-0.2, 0) is 0 Å². The maximum absolute atomic E-state index is 12.6. The molecule has 134 valence electrons. The van der Waals surface area contributed by atoms with Crippen molar-refractivity contribution in [3.05, 3.63) is 28.8 Å². The summed E-state index contributed by atoms with van der Waals surface area (Å²) < 4.78 is 10.6. The predicted molar refractivity (Wildman–Crippen MR) is 98.3 cm³/mol. The fourth-order valence-electron chi connectivity index (χ4n) is 2.90. The fourth-order valence-corrected chi connectivity index (χ4v) is 3.85. The van der Waals surface area contributed by atoms with Gasteiger partial charge in [-0.1, -0.05) is 6.42 Å². The standard InChI is InChI=1S/C18H23N3O3S/c1-12-16(17(22)20-21-9-5-4-6-10-21)25-18(19-12)13-7-8-14(23-2)15(11-13)24-3/h7-8,11H,4-6,9-10H2,1-3H3,(H,20,22). The minimum absolute atomic E-state index is 0.0800. The van der Waals surface area contributed by atoms with Crippen LogP contribution in [0.4, 0.5) is 0 Å². The van der Waals surface area contributed by atoms with Crippen molar-refractivity contribution in [2.45, 2.75) is 26.2 Å². The zero-order valence-corrected chi connectivity index (χ0v) is 15.6. The summed E-state index contributed by atoms with van der Waals surface area (Å²) in [7, 11) is 3.21. The third-order valence-corrected chi connectivity index (χ3v) is 5.45. The van der Waals surface area contributed by atoms with E-state index in [1.54, 1.807) is 14.2 Å². The molecule has 1 fully saturated rings. The molecule has 1 aliphatic rings. The molecule has 2 aromatic rings. The first-order valence-corrected chi connectivity index (χ1v) is 9.19. The van der Waals surface area contributed by atoms with Gasteiger partial charge < -0.3 is 9.47 Å². The number of hydrazine groups is 1. The molecule has 1 aromatic heterocycles. The molecular weight excluding hydrogens is 338 g/mol. The highest BCUT2D eigenvalue weighted by atomic mass is 32.1.